The summed E-state index contributed by atoms with van der Waals surface area (Å²) in [5, 5.41) is 16.1. The molecule has 1 unspecified atom stereocenters. The van der Waals surface area contributed by atoms with Crippen LogP contribution in [0.5, 0.6) is 0 Å². The molecule has 0 aliphatic carbocycles. The quantitative estimate of drug-likeness (QED) is 0.747. The molecule has 0 radical (unpaired) electrons. The van der Waals surface area contributed by atoms with E-state index in [1.54, 1.807) is 32.9 Å². The lowest BCUT2D eigenvalue weighted by Crippen LogP contribution is -2.56. The number of rotatable bonds is 6. The molecule has 24 heavy (non-hydrogen) atoms. The first-order valence-corrected chi connectivity index (χ1v) is 8.21. The van der Waals surface area contributed by atoms with Crippen molar-refractivity contribution in [2.75, 3.05) is 6.54 Å². The normalized spacial score (nSPS) is 14.6. The molecule has 0 fully saturated rings. The molecule has 0 heterocycles. The van der Waals surface area contributed by atoms with Crippen LogP contribution in [0, 0.1) is 5.41 Å². The van der Waals surface area contributed by atoms with E-state index in [-0.39, 0.29) is 23.7 Å². The number of nitrogens with one attached hydrogen (secondary N) is 2. The Kier molecular flexibility index (Phi) is 6.17. The summed E-state index contributed by atoms with van der Waals surface area (Å²) in [7, 11) is 0. The fraction of sp³-hybridized carbons (Fsp3) is 0.579. The molecule has 5 heteroatoms. The van der Waals surface area contributed by atoms with Crippen molar-refractivity contribution in [3.63, 3.8) is 0 Å². The molecule has 2 amide bonds. The predicted molar refractivity (Wildman–Crippen MR) is 95.3 cm³/mol. The minimum absolute atomic E-state index is 0.0350. The van der Waals surface area contributed by atoms with Gasteiger partial charge in [-0.15, -0.1) is 0 Å². The molecule has 0 aromatic heterocycles. The molecule has 134 valence electrons. The second-order valence-electron chi connectivity index (χ2n) is 8.23. The van der Waals surface area contributed by atoms with Crippen LogP contribution in [0.25, 0.3) is 0 Å². The van der Waals surface area contributed by atoms with E-state index in [9.17, 15) is 14.7 Å². The van der Waals surface area contributed by atoms with Gasteiger partial charge in [-0.3, -0.25) is 9.59 Å². The van der Waals surface area contributed by atoms with Crippen molar-refractivity contribution in [2.24, 2.45) is 5.41 Å². The maximum atomic E-state index is 12.3. The summed E-state index contributed by atoms with van der Waals surface area (Å²) >= 11 is 0. The van der Waals surface area contributed by atoms with Crippen LogP contribution in [0.2, 0.25) is 0 Å². The number of carbonyl (C=O) groups is 2. The first-order valence-electron chi connectivity index (χ1n) is 8.21. The first kappa shape index (κ1) is 20.2. The molecule has 0 saturated heterocycles. The number of hydrogen-bond donors (Lipinski definition) is 3. The monoisotopic (exact) mass is 334 g/mol. The third-order valence-corrected chi connectivity index (χ3v) is 3.70. The smallest absolute Gasteiger partial charge is 0.245 e. The average molecular weight is 334 g/mol. The molecule has 0 aliphatic heterocycles. The lowest BCUT2D eigenvalue weighted by Gasteiger charge is -2.30. The molecule has 1 aromatic rings. The third kappa shape index (κ3) is 6.32. The number of amides is 2. The second kappa shape index (κ2) is 7.34. The number of carbonyl (C=O) groups excluding carboxylic acids is 2. The molecule has 1 aromatic carbocycles. The van der Waals surface area contributed by atoms with Gasteiger partial charge < -0.3 is 15.7 Å². The van der Waals surface area contributed by atoms with Crippen molar-refractivity contribution >= 4 is 11.8 Å². The Morgan fingerprint density at radius 3 is 2.04 bits per heavy atom. The molecular weight excluding hydrogens is 304 g/mol. The highest BCUT2D eigenvalue weighted by Crippen LogP contribution is 2.24. The summed E-state index contributed by atoms with van der Waals surface area (Å²) in [5.41, 5.74) is -1.71. The Morgan fingerprint density at radius 1 is 1.00 bits per heavy atom. The van der Waals surface area contributed by atoms with Gasteiger partial charge in [0.05, 0.1) is 12.0 Å². The molecule has 0 aliphatic rings. The minimum atomic E-state index is -1.29. The van der Waals surface area contributed by atoms with E-state index in [1.807, 2.05) is 39.0 Å². The summed E-state index contributed by atoms with van der Waals surface area (Å²) in [4.78, 5) is 24.6. The van der Waals surface area contributed by atoms with Gasteiger partial charge in [-0.05, 0) is 31.7 Å². The van der Waals surface area contributed by atoms with E-state index in [0.717, 1.165) is 0 Å². The standard InChI is InChI=1S/C19H30N2O3/c1-17(2,3)13-20-16(23)18(4,5)21-15(22)12-19(6,24)14-10-8-7-9-11-14/h7-11,24H,12-13H2,1-6H3,(H,20,23)(H,21,22). The maximum absolute atomic E-state index is 12.3. The molecule has 0 spiro atoms. The molecule has 5 nitrogen and oxygen atoms in total. The first-order chi connectivity index (χ1) is 10.8. The van der Waals surface area contributed by atoms with Crippen LogP contribution in [0.1, 0.15) is 53.5 Å². The highest BCUT2D eigenvalue weighted by Gasteiger charge is 2.33. The SMILES string of the molecule is CC(C)(C)CNC(=O)C(C)(C)NC(=O)CC(C)(O)c1ccccc1. The van der Waals surface area contributed by atoms with Gasteiger partial charge in [-0.2, -0.15) is 0 Å². The van der Waals surface area contributed by atoms with Crippen molar-refractivity contribution < 1.29 is 14.7 Å². The van der Waals surface area contributed by atoms with E-state index >= 15 is 0 Å². The topological polar surface area (TPSA) is 78.4 Å². The van der Waals surface area contributed by atoms with Gasteiger partial charge in [0, 0.05) is 6.54 Å². The van der Waals surface area contributed by atoms with E-state index in [1.165, 1.54) is 0 Å². The fourth-order valence-electron chi connectivity index (χ4n) is 2.23. The minimum Gasteiger partial charge on any atom is -0.385 e. The van der Waals surface area contributed by atoms with E-state index in [2.05, 4.69) is 10.6 Å². The van der Waals surface area contributed by atoms with Crippen LogP contribution < -0.4 is 10.6 Å². The Hall–Kier alpha value is -1.88. The summed E-state index contributed by atoms with van der Waals surface area (Å²) in [6, 6.07) is 9.02. The van der Waals surface area contributed by atoms with Crippen molar-refractivity contribution in [1.82, 2.24) is 10.6 Å². The predicted octanol–water partition coefficient (Wildman–Crippen LogP) is 2.34. The summed E-state index contributed by atoms with van der Waals surface area (Å²) in [6.45, 7) is 11.5. The highest BCUT2D eigenvalue weighted by atomic mass is 16.3. The van der Waals surface area contributed by atoms with E-state index in [4.69, 9.17) is 0 Å². The van der Waals surface area contributed by atoms with Crippen molar-refractivity contribution in [2.45, 2.75) is 59.1 Å². The Labute approximate surface area is 144 Å². The van der Waals surface area contributed by atoms with Crippen molar-refractivity contribution in [3.05, 3.63) is 35.9 Å². The molecule has 3 N–H and O–H groups in total. The van der Waals surface area contributed by atoms with Crippen LogP contribution in [0.15, 0.2) is 30.3 Å². The van der Waals surface area contributed by atoms with E-state index < -0.39 is 11.1 Å². The second-order valence-corrected chi connectivity index (χ2v) is 8.23. The van der Waals surface area contributed by atoms with E-state index in [0.29, 0.717) is 12.1 Å². The third-order valence-electron chi connectivity index (χ3n) is 3.70. The van der Waals surface area contributed by atoms with Gasteiger partial charge in [-0.25, -0.2) is 0 Å². The molecule has 0 saturated carbocycles. The Balaban J connectivity index is 2.67. The average Bonchev–Trinajstić information content (AvgIpc) is 2.43. The largest absolute Gasteiger partial charge is 0.385 e. The zero-order valence-corrected chi connectivity index (χ0v) is 15.6. The number of benzene rings is 1. The molecular formula is C19H30N2O3. The van der Waals surface area contributed by atoms with Crippen LogP contribution >= 0.6 is 0 Å². The number of aliphatic hydroxyl groups is 1. The molecule has 1 rings (SSSR count). The Morgan fingerprint density at radius 2 is 1.54 bits per heavy atom. The fourth-order valence-corrected chi connectivity index (χ4v) is 2.23. The van der Waals surface area contributed by atoms with Gasteiger partial charge in [0.2, 0.25) is 11.8 Å². The van der Waals surface area contributed by atoms with Crippen LogP contribution in [0.4, 0.5) is 0 Å². The lowest BCUT2D eigenvalue weighted by molar-refractivity contribution is -0.134. The van der Waals surface area contributed by atoms with Crippen LogP contribution in [-0.2, 0) is 15.2 Å². The molecule has 0 bridgehead atoms. The van der Waals surface area contributed by atoms with Gasteiger partial charge in [0.1, 0.15) is 5.54 Å². The van der Waals surface area contributed by atoms with Crippen molar-refractivity contribution in [1.29, 1.82) is 0 Å². The summed E-state index contributed by atoms with van der Waals surface area (Å²) in [6.07, 6.45) is -0.118. The highest BCUT2D eigenvalue weighted by molar-refractivity contribution is 5.91. The van der Waals surface area contributed by atoms with Gasteiger partial charge in [0.25, 0.3) is 0 Å². The van der Waals surface area contributed by atoms with Gasteiger partial charge in [-0.1, -0.05) is 51.1 Å². The maximum Gasteiger partial charge on any atom is 0.245 e. The van der Waals surface area contributed by atoms with Gasteiger partial charge >= 0.3 is 0 Å². The molecule has 1 atom stereocenters. The van der Waals surface area contributed by atoms with Gasteiger partial charge in [0.15, 0.2) is 0 Å². The van der Waals surface area contributed by atoms with Crippen LogP contribution in [-0.4, -0.2) is 29.0 Å². The lowest BCUT2D eigenvalue weighted by atomic mass is 9.91. The summed E-state index contributed by atoms with van der Waals surface area (Å²) in [5.74, 6) is -0.620. The Bertz CT molecular complexity index is 572. The van der Waals surface area contributed by atoms with Crippen LogP contribution in [0.3, 0.4) is 0 Å². The zero-order valence-electron chi connectivity index (χ0n) is 15.6. The number of hydrogen-bond acceptors (Lipinski definition) is 3. The van der Waals surface area contributed by atoms with Crippen molar-refractivity contribution in [3.8, 4) is 0 Å². The zero-order chi connectivity index (χ0) is 18.6. The summed E-state index contributed by atoms with van der Waals surface area (Å²) < 4.78 is 0.